The van der Waals surface area contributed by atoms with E-state index >= 15 is 0 Å². The van der Waals surface area contributed by atoms with E-state index in [1.165, 1.54) is 0 Å². The second-order valence-corrected chi connectivity index (χ2v) is 3.51. The molecule has 1 fully saturated rings. The molecule has 72 valence electrons. The van der Waals surface area contributed by atoms with E-state index in [2.05, 4.69) is 6.92 Å². The van der Waals surface area contributed by atoms with E-state index in [1.54, 1.807) is 7.11 Å². The maximum absolute atomic E-state index is 8.74. The van der Waals surface area contributed by atoms with E-state index in [-0.39, 0.29) is 19.0 Å². The molecule has 1 rings (SSSR count). The molecule has 12 heavy (non-hydrogen) atoms. The molecule has 3 atom stereocenters. The van der Waals surface area contributed by atoms with Crippen LogP contribution in [0.15, 0.2) is 0 Å². The number of hydrogen-bond acceptors (Lipinski definition) is 3. The SMILES string of the molecule is COC1C[C@H](C)C[C@H](CCO)O1. The highest BCUT2D eigenvalue weighted by Gasteiger charge is 2.26. The van der Waals surface area contributed by atoms with E-state index in [1.807, 2.05) is 0 Å². The van der Waals surface area contributed by atoms with Crippen molar-refractivity contribution in [2.24, 2.45) is 5.92 Å². The van der Waals surface area contributed by atoms with Crippen molar-refractivity contribution < 1.29 is 14.6 Å². The summed E-state index contributed by atoms with van der Waals surface area (Å²) in [5, 5.41) is 8.74. The van der Waals surface area contributed by atoms with Crippen LogP contribution in [0.25, 0.3) is 0 Å². The Morgan fingerprint density at radius 2 is 2.25 bits per heavy atom. The first-order valence-electron chi connectivity index (χ1n) is 4.55. The van der Waals surface area contributed by atoms with Crippen LogP contribution in [0.5, 0.6) is 0 Å². The largest absolute Gasteiger partial charge is 0.396 e. The molecule has 1 heterocycles. The van der Waals surface area contributed by atoms with Crippen LogP contribution >= 0.6 is 0 Å². The molecule has 0 saturated carbocycles. The topological polar surface area (TPSA) is 38.7 Å². The van der Waals surface area contributed by atoms with Crippen LogP contribution in [-0.4, -0.2) is 31.2 Å². The number of aliphatic hydroxyl groups excluding tert-OH is 1. The predicted molar refractivity (Wildman–Crippen MR) is 45.8 cm³/mol. The van der Waals surface area contributed by atoms with Crippen LogP contribution < -0.4 is 0 Å². The highest BCUT2D eigenvalue weighted by atomic mass is 16.7. The molecule has 1 aliphatic rings. The first kappa shape index (κ1) is 9.96. The summed E-state index contributed by atoms with van der Waals surface area (Å²) in [5.74, 6) is 0.639. The van der Waals surface area contributed by atoms with Gasteiger partial charge in [-0.15, -0.1) is 0 Å². The molecular weight excluding hydrogens is 156 g/mol. The van der Waals surface area contributed by atoms with Gasteiger partial charge in [0.2, 0.25) is 0 Å². The maximum Gasteiger partial charge on any atom is 0.157 e. The molecule has 3 nitrogen and oxygen atoms in total. The summed E-state index contributed by atoms with van der Waals surface area (Å²) in [7, 11) is 1.67. The third kappa shape index (κ3) is 2.73. The molecule has 0 aromatic rings. The predicted octanol–water partition coefficient (Wildman–Crippen LogP) is 1.16. The van der Waals surface area contributed by atoms with Crippen LogP contribution in [-0.2, 0) is 9.47 Å². The van der Waals surface area contributed by atoms with Crippen LogP contribution in [0, 0.1) is 5.92 Å². The Bertz CT molecular complexity index is 127. The Morgan fingerprint density at radius 1 is 1.50 bits per heavy atom. The third-order valence-electron chi connectivity index (χ3n) is 2.32. The standard InChI is InChI=1S/C9H18O3/c1-7-5-8(3-4-10)12-9(6-7)11-2/h7-10H,3-6H2,1-2H3/t7-,8+,9?/m1/s1. The molecule has 0 bridgehead atoms. The van der Waals surface area contributed by atoms with Crippen molar-refractivity contribution in [3.8, 4) is 0 Å². The Hall–Kier alpha value is -0.120. The zero-order chi connectivity index (χ0) is 8.97. The van der Waals surface area contributed by atoms with Crippen LogP contribution in [0.3, 0.4) is 0 Å². The zero-order valence-electron chi connectivity index (χ0n) is 7.82. The molecule has 1 saturated heterocycles. The van der Waals surface area contributed by atoms with Gasteiger partial charge in [-0.25, -0.2) is 0 Å². The van der Waals surface area contributed by atoms with Gasteiger partial charge in [-0.1, -0.05) is 6.92 Å². The summed E-state index contributed by atoms with van der Waals surface area (Å²) in [6.45, 7) is 2.40. The lowest BCUT2D eigenvalue weighted by Gasteiger charge is -2.32. The maximum atomic E-state index is 8.74. The second kappa shape index (κ2) is 4.80. The molecule has 0 amide bonds. The third-order valence-corrected chi connectivity index (χ3v) is 2.32. The van der Waals surface area contributed by atoms with Crippen molar-refractivity contribution in [1.29, 1.82) is 0 Å². The van der Waals surface area contributed by atoms with Gasteiger partial charge in [0.15, 0.2) is 6.29 Å². The second-order valence-electron chi connectivity index (χ2n) is 3.51. The average Bonchev–Trinajstić information content (AvgIpc) is 2.04. The van der Waals surface area contributed by atoms with Crippen molar-refractivity contribution in [3.05, 3.63) is 0 Å². The molecule has 0 radical (unpaired) electrons. The summed E-state index contributed by atoms with van der Waals surface area (Å²) in [5.41, 5.74) is 0. The van der Waals surface area contributed by atoms with Crippen LogP contribution in [0.2, 0.25) is 0 Å². The zero-order valence-corrected chi connectivity index (χ0v) is 7.82. The van der Waals surface area contributed by atoms with E-state index in [0.29, 0.717) is 5.92 Å². The molecule has 0 aromatic heterocycles. The Morgan fingerprint density at radius 3 is 2.83 bits per heavy atom. The number of aliphatic hydroxyl groups is 1. The van der Waals surface area contributed by atoms with Crippen molar-refractivity contribution in [2.45, 2.75) is 38.6 Å². The summed E-state index contributed by atoms with van der Waals surface area (Å²) in [4.78, 5) is 0. The van der Waals surface area contributed by atoms with E-state index in [0.717, 1.165) is 19.3 Å². The van der Waals surface area contributed by atoms with Crippen molar-refractivity contribution in [3.63, 3.8) is 0 Å². The number of rotatable bonds is 3. The van der Waals surface area contributed by atoms with Crippen molar-refractivity contribution in [1.82, 2.24) is 0 Å². The number of methoxy groups -OCH3 is 1. The molecule has 1 aliphatic heterocycles. The smallest absolute Gasteiger partial charge is 0.157 e. The summed E-state index contributed by atoms with van der Waals surface area (Å²) in [6, 6.07) is 0. The quantitative estimate of drug-likeness (QED) is 0.697. The minimum Gasteiger partial charge on any atom is -0.396 e. The van der Waals surface area contributed by atoms with Gasteiger partial charge in [-0.2, -0.15) is 0 Å². The fourth-order valence-electron chi connectivity index (χ4n) is 1.68. The summed E-state index contributed by atoms with van der Waals surface area (Å²) >= 11 is 0. The van der Waals surface area contributed by atoms with Crippen molar-refractivity contribution in [2.75, 3.05) is 13.7 Å². The van der Waals surface area contributed by atoms with Gasteiger partial charge in [-0.05, 0) is 18.8 Å². The van der Waals surface area contributed by atoms with Crippen molar-refractivity contribution >= 4 is 0 Å². The van der Waals surface area contributed by atoms with Crippen LogP contribution in [0.1, 0.15) is 26.2 Å². The van der Waals surface area contributed by atoms with E-state index in [9.17, 15) is 0 Å². The molecule has 1 unspecified atom stereocenters. The highest BCUT2D eigenvalue weighted by Crippen LogP contribution is 2.26. The summed E-state index contributed by atoms with van der Waals surface area (Å²) in [6.07, 6.45) is 2.86. The highest BCUT2D eigenvalue weighted by molar-refractivity contribution is 4.70. The fraction of sp³-hybridized carbons (Fsp3) is 1.00. The van der Waals surface area contributed by atoms with Gasteiger partial charge in [-0.3, -0.25) is 0 Å². The average molecular weight is 174 g/mol. The number of hydrogen-bond donors (Lipinski definition) is 1. The molecule has 0 aromatic carbocycles. The lowest BCUT2D eigenvalue weighted by atomic mass is 9.95. The monoisotopic (exact) mass is 174 g/mol. The first-order chi connectivity index (χ1) is 5.76. The van der Waals surface area contributed by atoms with Crippen LogP contribution in [0.4, 0.5) is 0 Å². The van der Waals surface area contributed by atoms with Gasteiger partial charge < -0.3 is 14.6 Å². The summed E-state index contributed by atoms with van der Waals surface area (Å²) < 4.78 is 10.7. The Labute approximate surface area is 73.7 Å². The Kier molecular flexibility index (Phi) is 3.98. The minimum absolute atomic E-state index is 0.0645. The van der Waals surface area contributed by atoms with Gasteiger partial charge in [0.05, 0.1) is 6.10 Å². The molecule has 3 heteroatoms. The molecule has 1 N–H and O–H groups in total. The van der Waals surface area contributed by atoms with E-state index in [4.69, 9.17) is 14.6 Å². The normalized spacial score (nSPS) is 36.8. The first-order valence-corrected chi connectivity index (χ1v) is 4.55. The van der Waals surface area contributed by atoms with E-state index < -0.39 is 0 Å². The molecule has 0 aliphatic carbocycles. The lowest BCUT2D eigenvalue weighted by Crippen LogP contribution is -2.33. The molecular formula is C9H18O3. The van der Waals surface area contributed by atoms with Gasteiger partial charge >= 0.3 is 0 Å². The Balaban J connectivity index is 2.34. The lowest BCUT2D eigenvalue weighted by molar-refractivity contribution is -0.194. The molecule has 0 spiro atoms. The van der Waals surface area contributed by atoms with Gasteiger partial charge in [0.25, 0.3) is 0 Å². The fourth-order valence-corrected chi connectivity index (χ4v) is 1.68. The number of ether oxygens (including phenoxy) is 2. The van der Waals surface area contributed by atoms with Gasteiger partial charge in [0.1, 0.15) is 0 Å². The minimum atomic E-state index is -0.0645. The van der Waals surface area contributed by atoms with Gasteiger partial charge in [0, 0.05) is 20.1 Å².